The first-order valence-corrected chi connectivity index (χ1v) is 7.98. The maximum Gasteiger partial charge on any atom is 0.190 e. The third-order valence-electron chi connectivity index (χ3n) is 3.14. The fourth-order valence-corrected chi connectivity index (χ4v) is 1.99. The van der Waals surface area contributed by atoms with Crippen LogP contribution >= 0.6 is 0 Å². The molecule has 0 radical (unpaired) electrons. The second-order valence-electron chi connectivity index (χ2n) is 5.41. The molecular formula is C15H31N3O3. The van der Waals surface area contributed by atoms with Crippen LogP contribution in [-0.4, -0.2) is 64.7 Å². The van der Waals surface area contributed by atoms with E-state index < -0.39 is 0 Å². The molecule has 1 aliphatic heterocycles. The maximum atomic E-state index is 5.71. The zero-order chi connectivity index (χ0) is 15.3. The number of nitrogens with zero attached hydrogens (tertiary/aromatic N) is 1. The molecule has 1 fully saturated rings. The van der Waals surface area contributed by atoms with Crippen molar-refractivity contribution in [3.63, 3.8) is 0 Å². The Labute approximate surface area is 128 Å². The van der Waals surface area contributed by atoms with Crippen LogP contribution in [0.2, 0.25) is 0 Å². The number of guanidine groups is 1. The van der Waals surface area contributed by atoms with E-state index in [4.69, 9.17) is 14.2 Å². The minimum atomic E-state index is 0.295. The van der Waals surface area contributed by atoms with Gasteiger partial charge >= 0.3 is 0 Å². The van der Waals surface area contributed by atoms with Crippen LogP contribution in [0.15, 0.2) is 4.99 Å². The molecule has 1 saturated heterocycles. The van der Waals surface area contributed by atoms with E-state index >= 15 is 0 Å². The van der Waals surface area contributed by atoms with Gasteiger partial charge in [-0.15, -0.1) is 0 Å². The Morgan fingerprint density at radius 3 is 2.52 bits per heavy atom. The SMILES string of the molecule is CN=C(NCCCOC(C)C)NCCCOC1CCOC1. The van der Waals surface area contributed by atoms with Gasteiger partial charge in [-0.1, -0.05) is 0 Å². The van der Waals surface area contributed by atoms with E-state index in [9.17, 15) is 0 Å². The summed E-state index contributed by atoms with van der Waals surface area (Å²) in [5.41, 5.74) is 0. The summed E-state index contributed by atoms with van der Waals surface area (Å²) in [6, 6.07) is 0. The van der Waals surface area contributed by atoms with Crippen LogP contribution in [0.3, 0.4) is 0 Å². The zero-order valence-corrected chi connectivity index (χ0v) is 13.7. The molecule has 0 bridgehead atoms. The molecule has 1 unspecified atom stereocenters. The first-order valence-electron chi connectivity index (χ1n) is 7.98. The molecule has 1 atom stereocenters. The van der Waals surface area contributed by atoms with Gasteiger partial charge in [0.2, 0.25) is 0 Å². The monoisotopic (exact) mass is 301 g/mol. The Morgan fingerprint density at radius 2 is 1.95 bits per heavy atom. The molecule has 124 valence electrons. The van der Waals surface area contributed by atoms with Gasteiger partial charge < -0.3 is 24.8 Å². The summed E-state index contributed by atoms with van der Waals surface area (Å²) in [4.78, 5) is 4.19. The minimum absolute atomic E-state index is 0.295. The number of hydrogen-bond acceptors (Lipinski definition) is 4. The van der Waals surface area contributed by atoms with Gasteiger partial charge in [-0.2, -0.15) is 0 Å². The van der Waals surface area contributed by atoms with Crippen LogP contribution in [0, 0.1) is 0 Å². The number of ether oxygens (including phenoxy) is 3. The van der Waals surface area contributed by atoms with Crippen molar-refractivity contribution < 1.29 is 14.2 Å². The van der Waals surface area contributed by atoms with Crippen LogP contribution in [0.4, 0.5) is 0 Å². The first kappa shape index (κ1) is 18.2. The third kappa shape index (κ3) is 9.66. The van der Waals surface area contributed by atoms with Gasteiger partial charge in [0.05, 0.1) is 18.8 Å². The predicted molar refractivity (Wildman–Crippen MR) is 84.9 cm³/mol. The fraction of sp³-hybridized carbons (Fsp3) is 0.933. The molecule has 1 rings (SSSR count). The van der Waals surface area contributed by atoms with Gasteiger partial charge in [0, 0.05) is 40.0 Å². The molecule has 0 aromatic heterocycles. The molecule has 0 spiro atoms. The largest absolute Gasteiger partial charge is 0.379 e. The van der Waals surface area contributed by atoms with Crippen LogP contribution in [0.5, 0.6) is 0 Å². The summed E-state index contributed by atoms with van der Waals surface area (Å²) in [7, 11) is 1.78. The second kappa shape index (κ2) is 11.8. The van der Waals surface area contributed by atoms with E-state index in [1.54, 1.807) is 7.05 Å². The van der Waals surface area contributed by atoms with E-state index in [-0.39, 0.29) is 0 Å². The van der Waals surface area contributed by atoms with Crippen molar-refractivity contribution in [2.75, 3.05) is 46.6 Å². The Morgan fingerprint density at radius 1 is 1.24 bits per heavy atom. The van der Waals surface area contributed by atoms with Gasteiger partial charge in [0.25, 0.3) is 0 Å². The smallest absolute Gasteiger partial charge is 0.190 e. The van der Waals surface area contributed by atoms with Crippen LogP contribution in [0.1, 0.15) is 33.1 Å². The number of nitrogens with one attached hydrogen (secondary N) is 2. The maximum absolute atomic E-state index is 5.71. The topological polar surface area (TPSA) is 64.1 Å². The Bertz CT molecular complexity index is 279. The third-order valence-corrected chi connectivity index (χ3v) is 3.14. The molecule has 0 aromatic carbocycles. The second-order valence-corrected chi connectivity index (χ2v) is 5.41. The molecule has 0 aliphatic carbocycles. The standard InChI is InChI=1S/C15H31N3O3/c1-13(2)20-9-4-7-17-15(16-3)18-8-5-10-21-14-6-11-19-12-14/h13-14H,4-12H2,1-3H3,(H2,16,17,18). The lowest BCUT2D eigenvalue weighted by Crippen LogP contribution is -2.38. The minimum Gasteiger partial charge on any atom is -0.379 e. The van der Waals surface area contributed by atoms with Crippen molar-refractivity contribution in [2.24, 2.45) is 4.99 Å². The molecule has 0 aromatic rings. The Hall–Kier alpha value is -0.850. The zero-order valence-electron chi connectivity index (χ0n) is 13.7. The highest BCUT2D eigenvalue weighted by Crippen LogP contribution is 2.07. The van der Waals surface area contributed by atoms with Gasteiger partial charge in [-0.05, 0) is 33.1 Å². The normalized spacial score (nSPS) is 19.2. The molecule has 6 nitrogen and oxygen atoms in total. The average molecular weight is 301 g/mol. The van der Waals surface area contributed by atoms with E-state index in [2.05, 4.69) is 15.6 Å². The molecular weight excluding hydrogens is 270 g/mol. The quantitative estimate of drug-likeness (QED) is 0.360. The lowest BCUT2D eigenvalue weighted by atomic mass is 10.3. The van der Waals surface area contributed by atoms with Crippen molar-refractivity contribution in [2.45, 2.75) is 45.3 Å². The van der Waals surface area contributed by atoms with Crippen molar-refractivity contribution in [1.82, 2.24) is 10.6 Å². The molecule has 6 heteroatoms. The van der Waals surface area contributed by atoms with E-state index in [0.717, 1.165) is 64.7 Å². The van der Waals surface area contributed by atoms with Crippen molar-refractivity contribution in [3.8, 4) is 0 Å². The first-order chi connectivity index (χ1) is 10.2. The highest BCUT2D eigenvalue weighted by Gasteiger charge is 2.15. The van der Waals surface area contributed by atoms with Crippen LogP contribution in [-0.2, 0) is 14.2 Å². The molecule has 0 saturated carbocycles. The summed E-state index contributed by atoms with van der Waals surface area (Å²) in [5.74, 6) is 0.837. The lowest BCUT2D eigenvalue weighted by Gasteiger charge is -2.13. The van der Waals surface area contributed by atoms with E-state index in [1.807, 2.05) is 13.8 Å². The van der Waals surface area contributed by atoms with E-state index in [1.165, 1.54) is 0 Å². The average Bonchev–Trinajstić information content (AvgIpc) is 2.97. The number of rotatable bonds is 10. The molecule has 0 amide bonds. The number of hydrogen-bond donors (Lipinski definition) is 2. The Balaban J connectivity index is 1.93. The Kier molecular flexibility index (Phi) is 10.2. The molecule has 1 heterocycles. The van der Waals surface area contributed by atoms with E-state index in [0.29, 0.717) is 12.2 Å². The van der Waals surface area contributed by atoms with Crippen molar-refractivity contribution in [1.29, 1.82) is 0 Å². The molecule has 1 aliphatic rings. The highest BCUT2D eigenvalue weighted by atomic mass is 16.5. The summed E-state index contributed by atoms with van der Waals surface area (Å²) in [5, 5.41) is 6.55. The van der Waals surface area contributed by atoms with Gasteiger partial charge in [-0.25, -0.2) is 0 Å². The van der Waals surface area contributed by atoms with Gasteiger partial charge in [0.15, 0.2) is 5.96 Å². The highest BCUT2D eigenvalue weighted by molar-refractivity contribution is 5.79. The molecule has 2 N–H and O–H groups in total. The van der Waals surface area contributed by atoms with Crippen molar-refractivity contribution in [3.05, 3.63) is 0 Å². The summed E-state index contributed by atoms with van der Waals surface area (Å²) in [6.07, 6.45) is 3.56. The van der Waals surface area contributed by atoms with Crippen molar-refractivity contribution >= 4 is 5.96 Å². The summed E-state index contributed by atoms with van der Waals surface area (Å²) >= 11 is 0. The lowest BCUT2D eigenvalue weighted by molar-refractivity contribution is 0.0420. The van der Waals surface area contributed by atoms with Crippen LogP contribution < -0.4 is 10.6 Å². The number of aliphatic imine (C=N–C) groups is 1. The fourth-order valence-electron chi connectivity index (χ4n) is 1.99. The summed E-state index contributed by atoms with van der Waals surface area (Å²) in [6.45, 7) is 8.94. The predicted octanol–water partition coefficient (Wildman–Crippen LogP) is 1.16. The van der Waals surface area contributed by atoms with Crippen LogP contribution in [0.25, 0.3) is 0 Å². The molecule has 21 heavy (non-hydrogen) atoms. The van der Waals surface area contributed by atoms with Gasteiger partial charge in [0.1, 0.15) is 0 Å². The van der Waals surface area contributed by atoms with Gasteiger partial charge in [-0.3, -0.25) is 4.99 Å². The summed E-state index contributed by atoms with van der Waals surface area (Å²) < 4.78 is 16.5.